The molecule has 2 saturated heterocycles. The van der Waals surface area contributed by atoms with Gasteiger partial charge in [0, 0.05) is 56.4 Å². The smallest absolute Gasteiger partial charge is 0.228 e. The number of carbonyl (C=O) groups excluding carboxylic acids is 2. The predicted octanol–water partition coefficient (Wildman–Crippen LogP) is 3.35. The summed E-state index contributed by atoms with van der Waals surface area (Å²) in [5.74, 6) is -0.0531. The summed E-state index contributed by atoms with van der Waals surface area (Å²) in [5, 5.41) is 0.721. The van der Waals surface area contributed by atoms with Gasteiger partial charge in [0.25, 0.3) is 0 Å². The molecular weight excluding hydrogens is 386 g/mol. The summed E-state index contributed by atoms with van der Waals surface area (Å²) >= 11 is 6.09. The van der Waals surface area contributed by atoms with Gasteiger partial charge in [-0.15, -0.1) is 0 Å². The Kier molecular flexibility index (Phi) is 5.76. The van der Waals surface area contributed by atoms with Crippen molar-refractivity contribution in [1.82, 2.24) is 9.80 Å². The fourth-order valence-corrected chi connectivity index (χ4v) is 4.30. The molecule has 4 rings (SSSR count). The van der Waals surface area contributed by atoms with Crippen molar-refractivity contribution in [2.45, 2.75) is 19.9 Å². The number of halogens is 1. The molecule has 2 fully saturated rings. The van der Waals surface area contributed by atoms with Crippen LogP contribution in [0.25, 0.3) is 0 Å². The van der Waals surface area contributed by atoms with E-state index in [1.807, 2.05) is 53.1 Å². The van der Waals surface area contributed by atoms with Gasteiger partial charge in [0.15, 0.2) is 0 Å². The number of rotatable bonds is 4. The minimum Gasteiger partial charge on any atom is -0.368 e. The van der Waals surface area contributed by atoms with Crippen LogP contribution < -0.4 is 4.90 Å². The number of hydrogen-bond acceptors (Lipinski definition) is 3. The highest BCUT2D eigenvalue weighted by Gasteiger charge is 2.37. The molecule has 0 spiro atoms. The summed E-state index contributed by atoms with van der Waals surface area (Å²) < 4.78 is 0. The van der Waals surface area contributed by atoms with Crippen molar-refractivity contribution in [3.05, 3.63) is 64.7 Å². The molecule has 0 aliphatic carbocycles. The lowest BCUT2D eigenvalue weighted by atomic mass is 10.1. The van der Waals surface area contributed by atoms with E-state index in [2.05, 4.69) is 17.0 Å². The Labute approximate surface area is 176 Å². The van der Waals surface area contributed by atoms with Crippen molar-refractivity contribution in [3.63, 3.8) is 0 Å². The first-order chi connectivity index (χ1) is 14.0. The second-order valence-electron chi connectivity index (χ2n) is 7.95. The zero-order chi connectivity index (χ0) is 20.4. The fourth-order valence-electron chi connectivity index (χ4n) is 4.12. The molecule has 2 aromatic rings. The van der Waals surface area contributed by atoms with Crippen LogP contribution in [0.1, 0.15) is 17.5 Å². The highest BCUT2D eigenvalue weighted by atomic mass is 35.5. The second kappa shape index (κ2) is 8.46. The molecule has 0 radical (unpaired) electrons. The minimum absolute atomic E-state index is 0.0708. The third kappa shape index (κ3) is 4.56. The van der Waals surface area contributed by atoms with Gasteiger partial charge >= 0.3 is 0 Å². The first-order valence-electron chi connectivity index (χ1n) is 10.1. The fraction of sp³-hybridized carbons (Fsp3) is 0.391. The second-order valence-corrected chi connectivity index (χ2v) is 8.39. The number of likely N-dealkylation sites (tertiary alicyclic amines) is 1. The quantitative estimate of drug-likeness (QED) is 0.775. The molecule has 2 heterocycles. The molecule has 0 aromatic heterocycles. The minimum atomic E-state index is -0.231. The van der Waals surface area contributed by atoms with Crippen LogP contribution in [-0.2, 0) is 16.1 Å². The number of anilines is 1. The van der Waals surface area contributed by atoms with Crippen LogP contribution in [0.2, 0.25) is 5.02 Å². The number of hydrogen-bond donors (Lipinski definition) is 0. The third-order valence-corrected chi connectivity index (χ3v) is 6.06. The summed E-state index contributed by atoms with van der Waals surface area (Å²) in [5.41, 5.74) is 3.39. The van der Waals surface area contributed by atoms with Crippen molar-refractivity contribution >= 4 is 29.1 Å². The Hall–Kier alpha value is -2.53. The van der Waals surface area contributed by atoms with E-state index in [1.165, 1.54) is 5.56 Å². The Morgan fingerprint density at radius 3 is 2.48 bits per heavy atom. The van der Waals surface area contributed by atoms with Crippen molar-refractivity contribution in [1.29, 1.82) is 0 Å². The first kappa shape index (κ1) is 19.8. The molecule has 5 nitrogen and oxygen atoms in total. The Morgan fingerprint density at radius 2 is 1.79 bits per heavy atom. The van der Waals surface area contributed by atoms with Gasteiger partial charge in [-0.2, -0.15) is 0 Å². The standard InChI is InChI=1S/C23H26ClN3O2/c1-17-5-7-18(8-6-17)15-27-16-19(13-22(27)28)23(29)26-11-9-25(10-12-26)21-4-2-3-20(24)14-21/h2-8,14,19H,9-13,15-16H2,1H3/t19-/m0/s1. The van der Waals surface area contributed by atoms with Crippen molar-refractivity contribution in [3.8, 4) is 0 Å². The highest BCUT2D eigenvalue weighted by Crippen LogP contribution is 2.25. The average Bonchev–Trinajstić information content (AvgIpc) is 3.09. The maximum Gasteiger partial charge on any atom is 0.228 e. The van der Waals surface area contributed by atoms with Gasteiger partial charge in [0.1, 0.15) is 0 Å². The number of aryl methyl sites for hydroxylation is 1. The number of nitrogens with zero attached hydrogens (tertiary/aromatic N) is 3. The van der Waals surface area contributed by atoms with E-state index in [-0.39, 0.29) is 17.7 Å². The highest BCUT2D eigenvalue weighted by molar-refractivity contribution is 6.30. The Balaban J connectivity index is 1.32. The van der Waals surface area contributed by atoms with Gasteiger partial charge in [-0.05, 0) is 30.7 Å². The van der Waals surface area contributed by atoms with Gasteiger partial charge in [-0.25, -0.2) is 0 Å². The molecule has 2 aliphatic rings. The molecule has 0 N–H and O–H groups in total. The molecule has 6 heteroatoms. The van der Waals surface area contributed by atoms with Crippen LogP contribution in [-0.4, -0.2) is 54.3 Å². The lowest BCUT2D eigenvalue weighted by molar-refractivity contribution is -0.136. The molecule has 29 heavy (non-hydrogen) atoms. The summed E-state index contributed by atoms with van der Waals surface area (Å²) in [6.07, 6.45) is 0.319. The van der Waals surface area contributed by atoms with E-state index < -0.39 is 0 Å². The Bertz CT molecular complexity index is 891. The van der Waals surface area contributed by atoms with Crippen LogP contribution in [0, 0.1) is 12.8 Å². The lowest BCUT2D eigenvalue weighted by Gasteiger charge is -2.37. The topological polar surface area (TPSA) is 43.9 Å². The molecule has 2 aromatic carbocycles. The van der Waals surface area contributed by atoms with Crippen LogP contribution in [0.5, 0.6) is 0 Å². The molecule has 0 bridgehead atoms. The van der Waals surface area contributed by atoms with Gasteiger partial charge in [-0.1, -0.05) is 47.5 Å². The van der Waals surface area contributed by atoms with Crippen LogP contribution in [0.15, 0.2) is 48.5 Å². The summed E-state index contributed by atoms with van der Waals surface area (Å²) in [4.78, 5) is 31.4. The van der Waals surface area contributed by atoms with Gasteiger partial charge < -0.3 is 14.7 Å². The van der Waals surface area contributed by atoms with Gasteiger partial charge in [-0.3, -0.25) is 9.59 Å². The van der Waals surface area contributed by atoms with E-state index in [4.69, 9.17) is 11.6 Å². The number of piperazine rings is 1. The maximum absolute atomic E-state index is 13.0. The lowest BCUT2D eigenvalue weighted by Crippen LogP contribution is -2.50. The van der Waals surface area contributed by atoms with Crippen molar-refractivity contribution < 1.29 is 9.59 Å². The molecule has 2 aliphatic heterocycles. The molecule has 0 unspecified atom stereocenters. The van der Waals surface area contributed by atoms with Crippen LogP contribution >= 0.6 is 11.6 Å². The van der Waals surface area contributed by atoms with E-state index in [0.717, 1.165) is 29.4 Å². The van der Waals surface area contributed by atoms with Crippen LogP contribution in [0.4, 0.5) is 5.69 Å². The van der Waals surface area contributed by atoms with E-state index in [0.29, 0.717) is 32.6 Å². The third-order valence-electron chi connectivity index (χ3n) is 5.82. The van der Waals surface area contributed by atoms with E-state index in [9.17, 15) is 9.59 Å². The number of amides is 2. The van der Waals surface area contributed by atoms with Crippen molar-refractivity contribution in [2.75, 3.05) is 37.6 Å². The molecule has 1 atom stereocenters. The summed E-state index contributed by atoms with van der Waals surface area (Å²) in [6, 6.07) is 16.0. The first-order valence-corrected chi connectivity index (χ1v) is 10.5. The predicted molar refractivity (Wildman–Crippen MR) is 115 cm³/mol. The number of benzene rings is 2. The molecule has 2 amide bonds. The zero-order valence-corrected chi connectivity index (χ0v) is 17.4. The normalized spacial score (nSPS) is 19.7. The summed E-state index contributed by atoms with van der Waals surface area (Å²) in [6.45, 7) is 6.04. The van der Waals surface area contributed by atoms with Gasteiger partial charge in [0.05, 0.1) is 5.92 Å². The monoisotopic (exact) mass is 411 g/mol. The average molecular weight is 412 g/mol. The van der Waals surface area contributed by atoms with Crippen molar-refractivity contribution in [2.24, 2.45) is 5.92 Å². The summed E-state index contributed by atoms with van der Waals surface area (Å²) in [7, 11) is 0. The SMILES string of the molecule is Cc1ccc(CN2C[C@@H](C(=O)N3CCN(c4cccc(Cl)c4)CC3)CC2=O)cc1. The zero-order valence-electron chi connectivity index (χ0n) is 16.7. The maximum atomic E-state index is 13.0. The molecular formula is C23H26ClN3O2. The number of carbonyl (C=O) groups is 2. The van der Waals surface area contributed by atoms with E-state index >= 15 is 0 Å². The molecule has 0 saturated carbocycles. The van der Waals surface area contributed by atoms with E-state index in [1.54, 1.807) is 0 Å². The van der Waals surface area contributed by atoms with Crippen LogP contribution in [0.3, 0.4) is 0 Å². The largest absolute Gasteiger partial charge is 0.368 e. The molecule has 152 valence electrons. The van der Waals surface area contributed by atoms with Gasteiger partial charge in [0.2, 0.25) is 11.8 Å². The Morgan fingerprint density at radius 1 is 1.07 bits per heavy atom.